The maximum absolute atomic E-state index is 12.8. The van der Waals surface area contributed by atoms with E-state index in [1.165, 1.54) is 5.56 Å². The van der Waals surface area contributed by atoms with E-state index < -0.39 is 18.2 Å². The van der Waals surface area contributed by atoms with Crippen molar-refractivity contribution in [2.24, 2.45) is 11.1 Å². The molecule has 0 saturated carbocycles. The Bertz CT molecular complexity index is 1100. The summed E-state index contributed by atoms with van der Waals surface area (Å²) in [6, 6.07) is 11.1. The molecule has 1 aromatic heterocycles. The highest BCUT2D eigenvalue weighted by atomic mass is 32.1. The van der Waals surface area contributed by atoms with E-state index >= 15 is 0 Å². The number of alkyl halides is 3. The van der Waals surface area contributed by atoms with Crippen molar-refractivity contribution in [2.45, 2.75) is 58.3 Å². The van der Waals surface area contributed by atoms with E-state index in [0.717, 1.165) is 17.0 Å². The average Bonchev–Trinajstić information content (AvgIpc) is 3.45. The SMILES string of the molecule is CC(C)(C)C[C@@H](/C=C/C(=O)N1CCc2ccccc21)NC(=O)[C@@H](N)Cc1cccs1.O=C(O)C(F)(F)F. The number of carboxylic acids is 1. The van der Waals surface area contributed by atoms with Gasteiger partial charge in [-0.2, -0.15) is 13.2 Å². The van der Waals surface area contributed by atoms with Crippen LogP contribution in [-0.4, -0.2) is 47.7 Å². The average molecular weight is 540 g/mol. The third-order valence-corrected chi connectivity index (χ3v) is 6.26. The van der Waals surface area contributed by atoms with Gasteiger partial charge in [0.1, 0.15) is 0 Å². The smallest absolute Gasteiger partial charge is 0.475 e. The van der Waals surface area contributed by atoms with Crippen molar-refractivity contribution in [2.75, 3.05) is 11.4 Å². The van der Waals surface area contributed by atoms with Crippen molar-refractivity contribution in [1.29, 1.82) is 0 Å². The number of halogens is 3. The number of hydrogen-bond acceptors (Lipinski definition) is 5. The first kappa shape index (κ1) is 30.0. The molecule has 1 aliphatic heterocycles. The number of nitrogens with two attached hydrogens (primary N) is 1. The van der Waals surface area contributed by atoms with E-state index in [1.807, 2.05) is 41.8 Å². The van der Waals surface area contributed by atoms with Gasteiger partial charge in [0.2, 0.25) is 5.91 Å². The van der Waals surface area contributed by atoms with Gasteiger partial charge in [-0.05, 0) is 41.3 Å². The molecule has 0 bridgehead atoms. The number of carboxylic acid groups (broad SMARTS) is 1. The van der Waals surface area contributed by atoms with Gasteiger partial charge in [-0.3, -0.25) is 9.59 Å². The van der Waals surface area contributed by atoms with E-state index in [-0.39, 0.29) is 23.3 Å². The number of nitrogens with one attached hydrogen (secondary N) is 1. The lowest BCUT2D eigenvalue weighted by Crippen LogP contribution is -2.46. The molecule has 11 heteroatoms. The topological polar surface area (TPSA) is 113 Å². The number of carbonyl (C=O) groups is 3. The third kappa shape index (κ3) is 10.0. The Hall–Kier alpha value is -3.18. The molecule has 0 radical (unpaired) electrons. The van der Waals surface area contributed by atoms with Crippen molar-refractivity contribution in [3.05, 3.63) is 64.4 Å². The first-order valence-corrected chi connectivity index (χ1v) is 12.5. The van der Waals surface area contributed by atoms with Crippen LogP contribution in [-0.2, 0) is 27.2 Å². The zero-order chi connectivity index (χ0) is 27.8. The molecule has 0 unspecified atom stereocenters. The molecule has 2 atom stereocenters. The summed E-state index contributed by atoms with van der Waals surface area (Å²) in [4.78, 5) is 37.3. The van der Waals surface area contributed by atoms with Crippen LogP contribution in [0.1, 0.15) is 37.6 Å². The van der Waals surface area contributed by atoms with Gasteiger partial charge in [0.25, 0.3) is 5.91 Å². The van der Waals surface area contributed by atoms with Crippen LogP contribution in [0, 0.1) is 5.41 Å². The number of amides is 2. The van der Waals surface area contributed by atoms with Crippen LogP contribution in [0.3, 0.4) is 0 Å². The summed E-state index contributed by atoms with van der Waals surface area (Å²) in [5.74, 6) is -3.01. The Labute approximate surface area is 218 Å². The molecule has 0 saturated heterocycles. The number of fused-ring (bicyclic) bond motifs is 1. The summed E-state index contributed by atoms with van der Waals surface area (Å²) < 4.78 is 31.7. The summed E-state index contributed by atoms with van der Waals surface area (Å²) in [7, 11) is 0. The molecular weight excluding hydrogens is 507 g/mol. The zero-order valence-corrected chi connectivity index (χ0v) is 21.7. The summed E-state index contributed by atoms with van der Waals surface area (Å²) in [5.41, 5.74) is 8.28. The number of rotatable bonds is 7. The predicted octanol–water partition coefficient (Wildman–Crippen LogP) is 4.32. The van der Waals surface area contributed by atoms with Crippen LogP contribution in [0.5, 0.6) is 0 Å². The lowest BCUT2D eigenvalue weighted by Gasteiger charge is -2.26. The van der Waals surface area contributed by atoms with Gasteiger partial charge in [0.15, 0.2) is 0 Å². The van der Waals surface area contributed by atoms with Gasteiger partial charge in [-0.25, -0.2) is 4.79 Å². The molecule has 4 N–H and O–H groups in total. The van der Waals surface area contributed by atoms with E-state index in [9.17, 15) is 22.8 Å². The van der Waals surface area contributed by atoms with E-state index in [4.69, 9.17) is 15.6 Å². The van der Waals surface area contributed by atoms with Crippen LogP contribution >= 0.6 is 11.3 Å². The fourth-order valence-corrected chi connectivity index (χ4v) is 4.48. The Morgan fingerprint density at radius 3 is 2.38 bits per heavy atom. The molecule has 3 rings (SSSR count). The third-order valence-electron chi connectivity index (χ3n) is 5.36. The first-order chi connectivity index (χ1) is 17.2. The molecular formula is C26H32F3N3O4S. The molecule has 2 amide bonds. The Morgan fingerprint density at radius 1 is 1.16 bits per heavy atom. The van der Waals surface area contributed by atoms with Gasteiger partial charge >= 0.3 is 12.1 Å². The van der Waals surface area contributed by atoms with Crippen LogP contribution < -0.4 is 16.0 Å². The minimum Gasteiger partial charge on any atom is -0.475 e. The summed E-state index contributed by atoms with van der Waals surface area (Å²) >= 11 is 1.60. The maximum atomic E-state index is 12.8. The van der Waals surface area contributed by atoms with Crippen molar-refractivity contribution < 1.29 is 32.7 Å². The summed E-state index contributed by atoms with van der Waals surface area (Å²) in [6.07, 6.45) is 0.410. The first-order valence-electron chi connectivity index (χ1n) is 11.6. The second kappa shape index (κ2) is 12.9. The number of anilines is 1. The maximum Gasteiger partial charge on any atom is 0.490 e. The second-order valence-electron chi connectivity index (χ2n) is 9.80. The van der Waals surface area contributed by atoms with Crippen molar-refractivity contribution in [3.8, 4) is 0 Å². The van der Waals surface area contributed by atoms with Crippen LogP contribution in [0.4, 0.5) is 18.9 Å². The molecule has 2 aromatic rings. The molecule has 0 aliphatic carbocycles. The molecule has 1 aliphatic rings. The quantitative estimate of drug-likeness (QED) is 0.454. The highest BCUT2D eigenvalue weighted by molar-refractivity contribution is 7.09. The van der Waals surface area contributed by atoms with Gasteiger partial charge in [0, 0.05) is 35.6 Å². The number of carbonyl (C=O) groups excluding carboxylic acids is 2. The summed E-state index contributed by atoms with van der Waals surface area (Å²) in [5, 5.41) is 12.1. The zero-order valence-electron chi connectivity index (χ0n) is 20.9. The standard InChI is InChI=1S/C24H31N3O2S.C2HF3O2/c1-24(2,3)16-18(26-23(29)20(25)15-19-8-6-14-30-19)10-11-22(28)27-13-12-17-7-4-5-9-21(17)27;3-2(4,5)1(6)7/h4-11,14,18,20H,12-13,15-16,25H2,1-3H3,(H,26,29);(H,6,7)/b11-10+;/t18-,20+;/m1./s1. The lowest BCUT2D eigenvalue weighted by molar-refractivity contribution is -0.192. The number of para-hydroxylation sites is 1. The minimum atomic E-state index is -5.08. The van der Waals surface area contributed by atoms with Gasteiger partial charge < -0.3 is 21.1 Å². The largest absolute Gasteiger partial charge is 0.490 e. The Balaban J connectivity index is 0.000000604. The van der Waals surface area contributed by atoms with E-state index in [0.29, 0.717) is 19.4 Å². The van der Waals surface area contributed by atoms with Gasteiger partial charge in [-0.1, -0.05) is 51.1 Å². The Kier molecular flexibility index (Phi) is 10.4. The molecule has 7 nitrogen and oxygen atoms in total. The molecule has 37 heavy (non-hydrogen) atoms. The number of hydrogen-bond donors (Lipinski definition) is 3. The fourth-order valence-electron chi connectivity index (χ4n) is 3.71. The highest BCUT2D eigenvalue weighted by Gasteiger charge is 2.38. The Morgan fingerprint density at radius 2 is 1.81 bits per heavy atom. The monoisotopic (exact) mass is 539 g/mol. The number of thiophene rings is 1. The van der Waals surface area contributed by atoms with Crippen LogP contribution in [0.25, 0.3) is 0 Å². The van der Waals surface area contributed by atoms with Crippen molar-refractivity contribution >= 4 is 34.8 Å². The molecule has 2 heterocycles. The molecule has 1 aromatic carbocycles. The molecule has 202 valence electrons. The van der Waals surface area contributed by atoms with Crippen LogP contribution in [0.15, 0.2) is 53.9 Å². The van der Waals surface area contributed by atoms with Crippen LogP contribution in [0.2, 0.25) is 0 Å². The number of benzene rings is 1. The van der Waals surface area contributed by atoms with Crippen molar-refractivity contribution in [1.82, 2.24) is 5.32 Å². The normalized spacial score (nSPS) is 14.9. The highest BCUT2D eigenvalue weighted by Crippen LogP contribution is 2.28. The van der Waals surface area contributed by atoms with E-state index in [2.05, 4.69) is 32.2 Å². The van der Waals surface area contributed by atoms with Crippen molar-refractivity contribution in [3.63, 3.8) is 0 Å². The summed E-state index contributed by atoms with van der Waals surface area (Å²) in [6.45, 7) is 7.03. The minimum absolute atomic E-state index is 0.0105. The lowest BCUT2D eigenvalue weighted by atomic mass is 9.87. The second-order valence-corrected chi connectivity index (χ2v) is 10.8. The van der Waals surface area contributed by atoms with Gasteiger partial charge in [0.05, 0.1) is 6.04 Å². The predicted molar refractivity (Wildman–Crippen MR) is 137 cm³/mol. The molecule has 0 fully saturated rings. The number of nitrogens with zero attached hydrogens (tertiary/aromatic N) is 1. The number of aliphatic carboxylic acids is 1. The molecule has 0 spiro atoms. The van der Waals surface area contributed by atoms with E-state index in [1.54, 1.807) is 22.3 Å². The van der Waals surface area contributed by atoms with Gasteiger partial charge in [-0.15, -0.1) is 11.3 Å². The fraction of sp³-hybridized carbons (Fsp3) is 0.423.